The minimum absolute atomic E-state index is 0.127. The summed E-state index contributed by atoms with van der Waals surface area (Å²) in [6.45, 7) is 0. The van der Waals surface area contributed by atoms with Crippen LogP contribution >= 0.6 is 0 Å². The van der Waals surface area contributed by atoms with Crippen molar-refractivity contribution in [1.82, 2.24) is 4.90 Å². The third-order valence-corrected chi connectivity index (χ3v) is 5.20. The lowest BCUT2D eigenvalue weighted by Gasteiger charge is -2.33. The molecular weight excluding hydrogens is 368 g/mol. The molecule has 2 N–H and O–H groups in total. The smallest absolute Gasteiger partial charge is 0.278 e. The second kappa shape index (κ2) is 6.84. The van der Waals surface area contributed by atoms with Gasteiger partial charge in [0.25, 0.3) is 11.8 Å². The van der Waals surface area contributed by atoms with Crippen LogP contribution in [-0.2, 0) is 9.59 Å². The number of rotatable bonds is 3. The first-order valence-corrected chi connectivity index (χ1v) is 8.95. The number of likely N-dealkylation sites (N-methyl/N-ethyl adjacent to an activating group) is 1. The number of anilines is 1. The van der Waals surface area contributed by atoms with E-state index in [0.717, 1.165) is 10.5 Å². The van der Waals surface area contributed by atoms with Crippen LogP contribution in [0, 0.1) is 11.3 Å². The van der Waals surface area contributed by atoms with Crippen LogP contribution in [0.1, 0.15) is 11.5 Å². The first-order chi connectivity index (χ1) is 14.0. The quantitative estimate of drug-likeness (QED) is 0.812. The Kier molecular flexibility index (Phi) is 4.32. The van der Waals surface area contributed by atoms with E-state index in [1.807, 2.05) is 30.3 Å². The lowest BCUT2D eigenvalue weighted by Crippen LogP contribution is -2.37. The number of nitrogens with zero attached hydrogens (tertiary/aromatic N) is 3. The molecule has 1 unspecified atom stereocenters. The molecule has 144 valence electrons. The van der Waals surface area contributed by atoms with Gasteiger partial charge in [0, 0.05) is 12.7 Å². The summed E-state index contributed by atoms with van der Waals surface area (Å²) < 4.78 is 5.19. The van der Waals surface area contributed by atoms with Crippen LogP contribution in [0.4, 0.5) is 5.69 Å². The molecular formula is C22H18N4O3. The van der Waals surface area contributed by atoms with E-state index in [-0.39, 0.29) is 22.7 Å². The Bertz CT molecular complexity index is 1110. The van der Waals surface area contributed by atoms with E-state index < -0.39 is 17.7 Å². The maximum atomic E-state index is 13.0. The summed E-state index contributed by atoms with van der Waals surface area (Å²) in [5.41, 5.74) is 8.35. The number of carbonyl (C=O) groups excluding carboxylic acids is 2. The summed E-state index contributed by atoms with van der Waals surface area (Å²) in [5, 5.41) is 9.91. The Balaban J connectivity index is 1.98. The summed E-state index contributed by atoms with van der Waals surface area (Å²) >= 11 is 0. The molecule has 0 fully saturated rings. The van der Waals surface area contributed by atoms with Gasteiger partial charge in [-0.25, -0.2) is 0 Å². The fraction of sp³-hybridized carbons (Fsp3) is 0.136. The van der Waals surface area contributed by atoms with E-state index in [0.29, 0.717) is 11.4 Å². The predicted octanol–water partition coefficient (Wildman–Crippen LogP) is 2.25. The minimum atomic E-state index is -0.702. The number of hydrogen-bond acceptors (Lipinski definition) is 6. The van der Waals surface area contributed by atoms with Crippen molar-refractivity contribution in [3.8, 4) is 11.8 Å². The van der Waals surface area contributed by atoms with E-state index in [1.54, 1.807) is 31.4 Å². The SMILES string of the molecule is COc1ccc(N2C(N)=C(C#N)C(c3ccccc3)C3=C2C(=O)N(C)C3=O)cc1. The molecule has 2 aliphatic rings. The zero-order chi connectivity index (χ0) is 20.7. The normalized spacial score (nSPS) is 18.9. The highest BCUT2D eigenvalue weighted by atomic mass is 16.5. The lowest BCUT2D eigenvalue weighted by molar-refractivity contribution is -0.136. The van der Waals surface area contributed by atoms with E-state index >= 15 is 0 Å². The van der Waals surface area contributed by atoms with Gasteiger partial charge in [-0.2, -0.15) is 5.26 Å². The zero-order valence-electron chi connectivity index (χ0n) is 15.9. The monoisotopic (exact) mass is 386 g/mol. The second-order valence-corrected chi connectivity index (χ2v) is 6.72. The largest absolute Gasteiger partial charge is 0.497 e. The molecule has 0 radical (unpaired) electrons. The maximum Gasteiger partial charge on any atom is 0.278 e. The molecule has 0 aromatic heterocycles. The van der Waals surface area contributed by atoms with Gasteiger partial charge < -0.3 is 10.5 Å². The molecule has 0 saturated heterocycles. The van der Waals surface area contributed by atoms with Crippen molar-refractivity contribution >= 4 is 17.5 Å². The Labute approximate surface area is 167 Å². The van der Waals surface area contributed by atoms with Gasteiger partial charge in [-0.3, -0.25) is 19.4 Å². The van der Waals surface area contributed by atoms with Crippen LogP contribution in [-0.4, -0.2) is 30.9 Å². The Morgan fingerprint density at radius 3 is 2.28 bits per heavy atom. The Hall–Kier alpha value is -4.05. The van der Waals surface area contributed by atoms with Gasteiger partial charge in [0.1, 0.15) is 17.3 Å². The van der Waals surface area contributed by atoms with Gasteiger partial charge in [-0.15, -0.1) is 0 Å². The molecule has 7 heteroatoms. The fourth-order valence-electron chi connectivity index (χ4n) is 3.76. The third-order valence-electron chi connectivity index (χ3n) is 5.20. The average molecular weight is 386 g/mol. The van der Waals surface area contributed by atoms with Crippen LogP contribution in [0.5, 0.6) is 5.75 Å². The van der Waals surface area contributed by atoms with Crippen molar-refractivity contribution < 1.29 is 14.3 Å². The van der Waals surface area contributed by atoms with Crippen molar-refractivity contribution in [2.24, 2.45) is 5.73 Å². The Morgan fingerprint density at radius 1 is 1.03 bits per heavy atom. The second-order valence-electron chi connectivity index (χ2n) is 6.72. The summed E-state index contributed by atoms with van der Waals surface area (Å²) in [6, 6.07) is 18.2. The molecule has 4 rings (SSSR count). The summed E-state index contributed by atoms with van der Waals surface area (Å²) in [5.74, 6) is -0.829. The third kappa shape index (κ3) is 2.65. The van der Waals surface area contributed by atoms with Crippen LogP contribution in [0.15, 0.2) is 77.3 Å². The molecule has 0 aliphatic carbocycles. The Morgan fingerprint density at radius 2 is 1.69 bits per heavy atom. The standard InChI is InChI=1S/C22H18N4O3/c1-25-21(27)18-17(13-6-4-3-5-7-13)16(12-23)20(24)26(19(18)22(25)28)14-8-10-15(29-2)11-9-14/h3-11,17H,24H2,1-2H3. The van der Waals surface area contributed by atoms with Gasteiger partial charge in [-0.1, -0.05) is 30.3 Å². The number of nitrogens with two attached hydrogens (primary N) is 1. The van der Waals surface area contributed by atoms with Gasteiger partial charge in [0.05, 0.1) is 30.2 Å². The molecule has 29 heavy (non-hydrogen) atoms. The van der Waals surface area contributed by atoms with E-state index in [1.165, 1.54) is 11.9 Å². The van der Waals surface area contributed by atoms with E-state index in [2.05, 4.69) is 6.07 Å². The topological polar surface area (TPSA) is 99.7 Å². The van der Waals surface area contributed by atoms with Crippen molar-refractivity contribution in [1.29, 1.82) is 5.26 Å². The van der Waals surface area contributed by atoms with Gasteiger partial charge in [0.2, 0.25) is 0 Å². The number of amides is 2. The number of nitriles is 1. The van der Waals surface area contributed by atoms with Gasteiger partial charge >= 0.3 is 0 Å². The molecule has 0 bridgehead atoms. The maximum absolute atomic E-state index is 13.0. The number of imide groups is 1. The fourth-order valence-corrected chi connectivity index (χ4v) is 3.76. The van der Waals surface area contributed by atoms with Crippen molar-refractivity contribution in [3.63, 3.8) is 0 Å². The van der Waals surface area contributed by atoms with Gasteiger partial charge in [-0.05, 0) is 29.8 Å². The van der Waals surface area contributed by atoms with Crippen LogP contribution in [0.2, 0.25) is 0 Å². The highest BCUT2D eigenvalue weighted by Crippen LogP contribution is 2.45. The van der Waals surface area contributed by atoms with Crippen molar-refractivity contribution in [2.45, 2.75) is 5.92 Å². The molecule has 2 aromatic carbocycles. The average Bonchev–Trinajstić information content (AvgIpc) is 2.98. The molecule has 0 saturated carbocycles. The minimum Gasteiger partial charge on any atom is -0.497 e. The number of ether oxygens (including phenoxy) is 1. The van der Waals surface area contributed by atoms with Gasteiger partial charge in [0.15, 0.2) is 0 Å². The van der Waals surface area contributed by atoms with Crippen LogP contribution in [0.25, 0.3) is 0 Å². The molecule has 1 atom stereocenters. The number of carbonyl (C=O) groups is 2. The first-order valence-electron chi connectivity index (χ1n) is 8.95. The molecule has 2 heterocycles. The van der Waals surface area contributed by atoms with Crippen molar-refractivity contribution in [3.05, 3.63) is 82.8 Å². The molecule has 0 spiro atoms. The van der Waals surface area contributed by atoms with Crippen molar-refractivity contribution in [2.75, 3.05) is 19.1 Å². The highest BCUT2D eigenvalue weighted by Gasteiger charge is 2.48. The number of allylic oxidation sites excluding steroid dienone is 1. The summed E-state index contributed by atoms with van der Waals surface area (Å²) in [7, 11) is 2.98. The number of methoxy groups -OCH3 is 1. The summed E-state index contributed by atoms with van der Waals surface area (Å²) in [4.78, 5) is 28.5. The summed E-state index contributed by atoms with van der Waals surface area (Å²) in [6.07, 6.45) is 0. The van der Waals surface area contributed by atoms with Crippen LogP contribution in [0.3, 0.4) is 0 Å². The van der Waals surface area contributed by atoms with Crippen LogP contribution < -0.4 is 15.4 Å². The molecule has 2 amide bonds. The molecule has 2 aliphatic heterocycles. The molecule has 7 nitrogen and oxygen atoms in total. The van der Waals surface area contributed by atoms with E-state index in [9.17, 15) is 14.9 Å². The first kappa shape index (κ1) is 18.3. The zero-order valence-corrected chi connectivity index (χ0v) is 15.9. The van der Waals surface area contributed by atoms with E-state index in [4.69, 9.17) is 10.5 Å². The lowest BCUT2D eigenvalue weighted by atomic mass is 9.81. The number of benzene rings is 2. The predicted molar refractivity (Wildman–Crippen MR) is 106 cm³/mol. The highest BCUT2D eigenvalue weighted by molar-refractivity contribution is 6.22. The molecule has 2 aromatic rings. The number of hydrogen-bond donors (Lipinski definition) is 1.